The van der Waals surface area contributed by atoms with Crippen LogP contribution in [0.5, 0.6) is 5.75 Å². The first-order valence-corrected chi connectivity index (χ1v) is 10.6. The molecule has 0 bridgehead atoms. The number of nitrogens with one attached hydrogen (secondary N) is 1. The van der Waals surface area contributed by atoms with E-state index in [4.69, 9.17) is 10.6 Å². The van der Waals surface area contributed by atoms with Crippen LogP contribution in [0.25, 0.3) is 0 Å². The molecule has 0 aliphatic carbocycles. The molecule has 0 spiro atoms. The summed E-state index contributed by atoms with van der Waals surface area (Å²) in [5.74, 6) is 5.79. The Labute approximate surface area is 171 Å². The quantitative estimate of drug-likeness (QED) is 0.337. The second-order valence-electron chi connectivity index (χ2n) is 6.52. The smallest absolute Gasteiger partial charge is 0.261 e. The first-order chi connectivity index (χ1) is 14.0. The second-order valence-corrected chi connectivity index (χ2v) is 8.20. The van der Waals surface area contributed by atoms with Gasteiger partial charge in [-0.25, -0.2) is 8.42 Å². The van der Waals surface area contributed by atoms with Gasteiger partial charge in [0.05, 0.1) is 23.4 Å². The summed E-state index contributed by atoms with van der Waals surface area (Å²) in [6.07, 6.45) is 2.31. The van der Waals surface area contributed by atoms with Crippen molar-refractivity contribution >= 4 is 21.9 Å². The van der Waals surface area contributed by atoms with Crippen molar-refractivity contribution in [1.29, 1.82) is 0 Å². The number of anilines is 1. The van der Waals surface area contributed by atoms with Crippen molar-refractivity contribution in [2.45, 2.75) is 18.2 Å². The molecule has 0 fully saturated rings. The SMILES string of the molecule is Cc1ccc(NS(=O)(=O)c2ccccc2)cc1OCCc1ccc(C=NN)cc1. The van der Waals surface area contributed by atoms with Crippen LogP contribution in [0.1, 0.15) is 16.7 Å². The molecule has 0 aliphatic rings. The summed E-state index contributed by atoms with van der Waals surface area (Å²) in [7, 11) is -3.64. The van der Waals surface area contributed by atoms with Gasteiger partial charge in [-0.3, -0.25) is 4.72 Å². The minimum absolute atomic E-state index is 0.214. The number of ether oxygens (including phenoxy) is 1. The average molecular weight is 410 g/mol. The van der Waals surface area contributed by atoms with Crippen molar-refractivity contribution in [2.24, 2.45) is 10.9 Å². The maximum atomic E-state index is 12.5. The molecule has 0 aliphatic heterocycles. The van der Waals surface area contributed by atoms with E-state index in [1.165, 1.54) is 0 Å². The van der Waals surface area contributed by atoms with Gasteiger partial charge in [0, 0.05) is 12.5 Å². The molecule has 3 rings (SSSR count). The molecule has 0 radical (unpaired) electrons. The van der Waals surface area contributed by atoms with E-state index < -0.39 is 10.0 Å². The number of nitrogens with zero attached hydrogens (tertiary/aromatic N) is 1. The van der Waals surface area contributed by atoms with Crippen molar-refractivity contribution < 1.29 is 13.2 Å². The number of benzene rings is 3. The maximum Gasteiger partial charge on any atom is 0.261 e. The molecule has 0 aromatic heterocycles. The number of nitrogens with two attached hydrogens (primary N) is 1. The van der Waals surface area contributed by atoms with Crippen molar-refractivity contribution in [3.63, 3.8) is 0 Å². The molecule has 0 unspecified atom stereocenters. The van der Waals surface area contributed by atoms with Gasteiger partial charge in [0.15, 0.2) is 0 Å². The summed E-state index contributed by atoms with van der Waals surface area (Å²) in [6, 6.07) is 21.4. The first kappa shape index (κ1) is 20.4. The third-order valence-electron chi connectivity index (χ3n) is 4.35. The van der Waals surface area contributed by atoms with E-state index in [1.807, 2.05) is 37.3 Å². The Hall–Kier alpha value is -3.32. The maximum absolute atomic E-state index is 12.5. The minimum Gasteiger partial charge on any atom is -0.493 e. The van der Waals surface area contributed by atoms with E-state index in [9.17, 15) is 8.42 Å². The van der Waals surface area contributed by atoms with E-state index in [0.29, 0.717) is 18.0 Å². The van der Waals surface area contributed by atoms with Gasteiger partial charge in [-0.15, -0.1) is 0 Å². The van der Waals surface area contributed by atoms with Gasteiger partial charge in [-0.05, 0) is 41.8 Å². The average Bonchev–Trinajstić information content (AvgIpc) is 2.72. The van der Waals surface area contributed by atoms with Crippen LogP contribution in [0.3, 0.4) is 0 Å². The monoisotopic (exact) mass is 409 g/mol. The predicted octanol–water partition coefficient (Wildman–Crippen LogP) is 3.71. The third kappa shape index (κ3) is 5.58. The second kappa shape index (κ2) is 9.25. The van der Waals surface area contributed by atoms with Crippen LogP contribution in [0.4, 0.5) is 5.69 Å². The Bertz CT molecular complexity index is 1080. The van der Waals surface area contributed by atoms with E-state index in [2.05, 4.69) is 9.82 Å². The zero-order chi connectivity index (χ0) is 20.7. The van der Waals surface area contributed by atoms with Crippen molar-refractivity contribution in [1.82, 2.24) is 0 Å². The molecule has 7 heteroatoms. The van der Waals surface area contributed by atoms with Gasteiger partial charge < -0.3 is 10.6 Å². The molecule has 150 valence electrons. The predicted molar refractivity (Wildman–Crippen MR) is 116 cm³/mol. The van der Waals surface area contributed by atoms with Crippen LogP contribution >= 0.6 is 0 Å². The van der Waals surface area contributed by atoms with Gasteiger partial charge in [0.2, 0.25) is 0 Å². The van der Waals surface area contributed by atoms with Gasteiger partial charge in [0.1, 0.15) is 5.75 Å². The van der Waals surface area contributed by atoms with Crippen LogP contribution in [-0.2, 0) is 16.4 Å². The van der Waals surface area contributed by atoms with Crippen molar-refractivity contribution in [3.05, 3.63) is 89.5 Å². The molecule has 3 N–H and O–H groups in total. The van der Waals surface area contributed by atoms with Gasteiger partial charge in [-0.1, -0.05) is 48.5 Å². The lowest BCUT2D eigenvalue weighted by atomic mass is 10.1. The Morgan fingerprint density at radius 3 is 2.45 bits per heavy atom. The molecule has 0 heterocycles. The Morgan fingerprint density at radius 2 is 1.76 bits per heavy atom. The number of rotatable bonds is 8. The Morgan fingerprint density at radius 1 is 1.03 bits per heavy atom. The van der Waals surface area contributed by atoms with E-state index in [-0.39, 0.29) is 4.90 Å². The first-order valence-electron chi connectivity index (χ1n) is 9.11. The van der Waals surface area contributed by atoms with Crippen LogP contribution in [0.15, 0.2) is 82.8 Å². The Balaban J connectivity index is 1.64. The van der Waals surface area contributed by atoms with Crippen LogP contribution < -0.4 is 15.3 Å². The highest BCUT2D eigenvalue weighted by Gasteiger charge is 2.14. The van der Waals surface area contributed by atoms with E-state index in [0.717, 1.165) is 23.1 Å². The topological polar surface area (TPSA) is 93.8 Å². The lowest BCUT2D eigenvalue weighted by Crippen LogP contribution is -2.13. The highest BCUT2D eigenvalue weighted by molar-refractivity contribution is 7.92. The minimum atomic E-state index is -3.64. The molecular formula is C22H23N3O3S. The molecule has 6 nitrogen and oxygen atoms in total. The molecule has 3 aromatic carbocycles. The number of aryl methyl sites for hydroxylation is 1. The Kier molecular flexibility index (Phi) is 6.51. The summed E-state index contributed by atoms with van der Waals surface area (Å²) < 4.78 is 33.5. The third-order valence-corrected chi connectivity index (χ3v) is 5.74. The standard InChI is InChI=1S/C22H23N3O3S/c1-17-7-12-20(25-29(26,27)21-5-3-2-4-6-21)15-22(17)28-14-13-18-8-10-19(11-9-18)16-24-23/h2-12,15-16,25H,13-14,23H2,1H3. The van der Waals surface area contributed by atoms with Crippen LogP contribution in [0, 0.1) is 6.92 Å². The molecular weight excluding hydrogens is 386 g/mol. The summed E-state index contributed by atoms with van der Waals surface area (Å²) in [6.45, 7) is 2.39. The van der Waals surface area contributed by atoms with Crippen molar-refractivity contribution in [3.8, 4) is 5.75 Å². The molecule has 0 saturated carbocycles. The molecule has 3 aromatic rings. The highest BCUT2D eigenvalue weighted by atomic mass is 32.2. The summed E-state index contributed by atoms with van der Waals surface area (Å²) in [5.41, 5.74) is 3.45. The summed E-state index contributed by atoms with van der Waals surface area (Å²) >= 11 is 0. The van der Waals surface area contributed by atoms with E-state index in [1.54, 1.807) is 48.7 Å². The number of sulfonamides is 1. The zero-order valence-corrected chi connectivity index (χ0v) is 16.9. The lowest BCUT2D eigenvalue weighted by Gasteiger charge is -2.13. The summed E-state index contributed by atoms with van der Waals surface area (Å²) in [4.78, 5) is 0.214. The molecule has 0 saturated heterocycles. The molecule has 29 heavy (non-hydrogen) atoms. The fourth-order valence-corrected chi connectivity index (χ4v) is 3.84. The summed E-state index contributed by atoms with van der Waals surface area (Å²) in [5, 5.41) is 3.50. The van der Waals surface area contributed by atoms with Gasteiger partial charge in [-0.2, -0.15) is 5.10 Å². The number of hydrazone groups is 1. The van der Waals surface area contributed by atoms with E-state index >= 15 is 0 Å². The molecule has 0 amide bonds. The lowest BCUT2D eigenvalue weighted by molar-refractivity contribution is 0.320. The highest BCUT2D eigenvalue weighted by Crippen LogP contribution is 2.25. The fraction of sp³-hybridized carbons (Fsp3) is 0.136. The van der Waals surface area contributed by atoms with Crippen LogP contribution in [0.2, 0.25) is 0 Å². The van der Waals surface area contributed by atoms with Crippen molar-refractivity contribution in [2.75, 3.05) is 11.3 Å². The largest absolute Gasteiger partial charge is 0.493 e. The fourth-order valence-electron chi connectivity index (χ4n) is 2.77. The van der Waals surface area contributed by atoms with Gasteiger partial charge >= 0.3 is 0 Å². The number of hydrogen-bond acceptors (Lipinski definition) is 5. The molecule has 0 atom stereocenters. The zero-order valence-electron chi connectivity index (χ0n) is 16.1. The number of hydrogen-bond donors (Lipinski definition) is 2. The van der Waals surface area contributed by atoms with Gasteiger partial charge in [0.25, 0.3) is 10.0 Å². The normalized spacial score (nSPS) is 11.5. The van der Waals surface area contributed by atoms with Crippen LogP contribution in [-0.4, -0.2) is 21.2 Å².